The van der Waals surface area contributed by atoms with Gasteiger partial charge in [-0.3, -0.25) is 0 Å². The lowest BCUT2D eigenvalue weighted by Gasteiger charge is -2.09. The summed E-state index contributed by atoms with van der Waals surface area (Å²) in [4.78, 5) is 0. The summed E-state index contributed by atoms with van der Waals surface area (Å²) in [5, 5.41) is 0.759. The van der Waals surface area contributed by atoms with Crippen LogP contribution < -0.4 is 0 Å². The second-order valence-corrected chi connectivity index (χ2v) is 5.16. The van der Waals surface area contributed by atoms with Crippen LogP contribution in [0.4, 0.5) is 0 Å². The molecule has 0 saturated heterocycles. The maximum absolute atomic E-state index is 6.41. The van der Waals surface area contributed by atoms with E-state index >= 15 is 0 Å². The highest BCUT2D eigenvalue weighted by atomic mass is 35.5. The van der Waals surface area contributed by atoms with Crippen LogP contribution in [0.15, 0.2) is 28.7 Å². The number of hydrogen-bond donors (Lipinski definition) is 0. The highest BCUT2D eigenvalue weighted by molar-refractivity contribution is 6.42. The monoisotopic (exact) mass is 288 g/mol. The molecular formula is C13H11Cl3O. The smallest absolute Gasteiger partial charge is 0.106 e. The fraction of sp³-hybridized carbons (Fsp3) is 0.231. The minimum atomic E-state index is -0.276. The summed E-state index contributed by atoms with van der Waals surface area (Å²) in [5.41, 5.74) is 1.87. The first-order chi connectivity index (χ1) is 7.99. The van der Waals surface area contributed by atoms with Gasteiger partial charge in [0.05, 0.1) is 15.4 Å². The third kappa shape index (κ3) is 2.62. The van der Waals surface area contributed by atoms with Gasteiger partial charge in [-0.25, -0.2) is 0 Å². The van der Waals surface area contributed by atoms with Gasteiger partial charge in [-0.15, -0.1) is 11.6 Å². The number of rotatable bonds is 2. The van der Waals surface area contributed by atoms with Gasteiger partial charge in [0.15, 0.2) is 0 Å². The maximum Gasteiger partial charge on any atom is 0.106 e. The van der Waals surface area contributed by atoms with E-state index in [1.165, 1.54) is 0 Å². The van der Waals surface area contributed by atoms with Crippen molar-refractivity contribution in [2.45, 2.75) is 19.2 Å². The van der Waals surface area contributed by atoms with Crippen molar-refractivity contribution in [3.63, 3.8) is 0 Å². The quantitative estimate of drug-likeness (QED) is 0.662. The molecule has 1 unspecified atom stereocenters. The van der Waals surface area contributed by atoms with Crippen LogP contribution in [0.1, 0.15) is 28.0 Å². The second-order valence-electron chi connectivity index (χ2n) is 3.90. The SMILES string of the molecule is Cc1cc(C(Cl)c2ccc(Cl)c(Cl)c2)c(C)o1. The van der Waals surface area contributed by atoms with Crippen molar-refractivity contribution in [3.05, 3.63) is 57.0 Å². The summed E-state index contributed by atoms with van der Waals surface area (Å²) in [6, 6.07) is 7.34. The molecule has 1 aromatic heterocycles. The fourth-order valence-electron chi connectivity index (χ4n) is 1.75. The maximum atomic E-state index is 6.41. The molecule has 0 saturated carbocycles. The summed E-state index contributed by atoms with van der Waals surface area (Å²) in [5.74, 6) is 1.68. The molecule has 4 heteroatoms. The Balaban J connectivity index is 2.40. The lowest BCUT2D eigenvalue weighted by molar-refractivity contribution is 0.501. The number of furan rings is 1. The standard InChI is InChI=1S/C13H11Cl3O/c1-7-5-10(8(2)17-7)13(16)9-3-4-11(14)12(15)6-9/h3-6,13H,1-2H3. The van der Waals surface area contributed by atoms with Gasteiger partial charge in [-0.2, -0.15) is 0 Å². The first-order valence-electron chi connectivity index (χ1n) is 5.15. The number of aryl methyl sites for hydroxylation is 2. The fourth-order valence-corrected chi connectivity index (χ4v) is 2.41. The summed E-state index contributed by atoms with van der Waals surface area (Å²) < 4.78 is 5.47. The first kappa shape index (κ1) is 12.8. The Hall–Kier alpha value is -0.630. The van der Waals surface area contributed by atoms with Crippen molar-refractivity contribution < 1.29 is 4.42 Å². The van der Waals surface area contributed by atoms with E-state index in [2.05, 4.69) is 0 Å². The molecule has 0 aliphatic rings. The number of alkyl halides is 1. The molecule has 2 aromatic rings. The van der Waals surface area contributed by atoms with Gasteiger partial charge in [0.2, 0.25) is 0 Å². The van der Waals surface area contributed by atoms with Gasteiger partial charge < -0.3 is 4.42 Å². The van der Waals surface area contributed by atoms with Gasteiger partial charge >= 0.3 is 0 Å². The molecule has 0 radical (unpaired) electrons. The highest BCUT2D eigenvalue weighted by Crippen LogP contribution is 2.35. The van der Waals surface area contributed by atoms with Crippen LogP contribution in [0.2, 0.25) is 10.0 Å². The molecule has 0 bridgehead atoms. The summed E-state index contributed by atoms with van der Waals surface area (Å²) in [7, 11) is 0. The third-order valence-corrected chi connectivity index (χ3v) is 3.81. The third-order valence-electron chi connectivity index (χ3n) is 2.59. The van der Waals surface area contributed by atoms with Crippen molar-refractivity contribution in [2.24, 2.45) is 0 Å². The van der Waals surface area contributed by atoms with Crippen LogP contribution >= 0.6 is 34.8 Å². The van der Waals surface area contributed by atoms with Crippen LogP contribution in [0.5, 0.6) is 0 Å². The Morgan fingerprint density at radius 1 is 1.06 bits per heavy atom. The zero-order valence-electron chi connectivity index (χ0n) is 9.43. The van der Waals surface area contributed by atoms with Crippen LogP contribution in [-0.2, 0) is 0 Å². The minimum absolute atomic E-state index is 0.276. The molecule has 1 nitrogen and oxygen atoms in total. The van der Waals surface area contributed by atoms with Crippen molar-refractivity contribution in [1.29, 1.82) is 0 Å². The molecule has 1 atom stereocenters. The Bertz CT molecular complexity index is 546. The molecule has 0 spiro atoms. The van der Waals surface area contributed by atoms with Crippen molar-refractivity contribution in [3.8, 4) is 0 Å². The second kappa shape index (κ2) is 4.93. The van der Waals surface area contributed by atoms with Crippen molar-refractivity contribution >= 4 is 34.8 Å². The topological polar surface area (TPSA) is 13.1 Å². The van der Waals surface area contributed by atoms with E-state index in [0.29, 0.717) is 10.0 Å². The summed E-state index contributed by atoms with van der Waals surface area (Å²) >= 11 is 18.3. The van der Waals surface area contributed by atoms with Crippen LogP contribution in [0, 0.1) is 13.8 Å². The Labute approximate surface area is 115 Å². The Kier molecular flexibility index (Phi) is 3.72. The van der Waals surface area contributed by atoms with E-state index in [0.717, 1.165) is 22.6 Å². The van der Waals surface area contributed by atoms with Gasteiger partial charge in [-0.1, -0.05) is 29.3 Å². The molecule has 0 aliphatic heterocycles. The molecular weight excluding hydrogens is 279 g/mol. The Morgan fingerprint density at radius 3 is 2.29 bits per heavy atom. The largest absolute Gasteiger partial charge is 0.466 e. The average Bonchev–Trinajstić information content (AvgIpc) is 2.61. The number of hydrogen-bond acceptors (Lipinski definition) is 1. The van der Waals surface area contributed by atoms with E-state index < -0.39 is 0 Å². The van der Waals surface area contributed by atoms with Gasteiger partial charge in [0, 0.05) is 5.56 Å². The molecule has 0 fully saturated rings. The molecule has 0 amide bonds. The lowest BCUT2D eigenvalue weighted by Crippen LogP contribution is -1.93. The van der Waals surface area contributed by atoms with E-state index in [-0.39, 0.29) is 5.38 Å². The normalized spacial score (nSPS) is 12.8. The molecule has 1 heterocycles. The van der Waals surface area contributed by atoms with E-state index in [1.807, 2.05) is 26.0 Å². The molecule has 0 aliphatic carbocycles. The zero-order chi connectivity index (χ0) is 12.6. The lowest BCUT2D eigenvalue weighted by atomic mass is 10.0. The summed E-state index contributed by atoms with van der Waals surface area (Å²) in [6.45, 7) is 3.80. The predicted octanol–water partition coefficient (Wildman–Crippen LogP) is 5.53. The van der Waals surface area contributed by atoms with Gasteiger partial charge in [0.25, 0.3) is 0 Å². The molecule has 1 aromatic carbocycles. The number of benzene rings is 1. The van der Waals surface area contributed by atoms with E-state index in [9.17, 15) is 0 Å². The van der Waals surface area contributed by atoms with Crippen LogP contribution in [0.3, 0.4) is 0 Å². The van der Waals surface area contributed by atoms with E-state index in [4.69, 9.17) is 39.2 Å². The molecule has 2 rings (SSSR count). The molecule has 90 valence electrons. The Morgan fingerprint density at radius 2 is 1.76 bits per heavy atom. The van der Waals surface area contributed by atoms with Crippen molar-refractivity contribution in [1.82, 2.24) is 0 Å². The zero-order valence-corrected chi connectivity index (χ0v) is 11.7. The van der Waals surface area contributed by atoms with Crippen LogP contribution in [-0.4, -0.2) is 0 Å². The highest BCUT2D eigenvalue weighted by Gasteiger charge is 2.17. The van der Waals surface area contributed by atoms with E-state index in [1.54, 1.807) is 12.1 Å². The molecule has 17 heavy (non-hydrogen) atoms. The molecule has 0 N–H and O–H groups in total. The first-order valence-corrected chi connectivity index (χ1v) is 6.34. The van der Waals surface area contributed by atoms with Crippen molar-refractivity contribution in [2.75, 3.05) is 0 Å². The minimum Gasteiger partial charge on any atom is -0.466 e. The average molecular weight is 290 g/mol. The summed E-state index contributed by atoms with van der Waals surface area (Å²) in [6.07, 6.45) is 0. The van der Waals surface area contributed by atoms with Crippen LogP contribution in [0.25, 0.3) is 0 Å². The predicted molar refractivity (Wildman–Crippen MR) is 72.3 cm³/mol. The number of halogens is 3. The van der Waals surface area contributed by atoms with Gasteiger partial charge in [-0.05, 0) is 37.6 Å². The van der Waals surface area contributed by atoms with Gasteiger partial charge in [0.1, 0.15) is 11.5 Å².